The Kier molecular flexibility index (Phi) is 5.02. The zero-order valence-electron chi connectivity index (χ0n) is 15.5. The van der Waals surface area contributed by atoms with Crippen LogP contribution in [0.5, 0.6) is 5.75 Å². The molecule has 1 aliphatic rings. The molecule has 0 radical (unpaired) electrons. The van der Waals surface area contributed by atoms with Crippen LogP contribution in [0.3, 0.4) is 0 Å². The summed E-state index contributed by atoms with van der Waals surface area (Å²) in [6, 6.07) is 9.95. The Bertz CT molecular complexity index is 974. The first-order valence-electron chi connectivity index (χ1n) is 8.78. The molecular formula is C20H21ClN4OS. The lowest BCUT2D eigenvalue weighted by atomic mass is 9.98. The van der Waals surface area contributed by atoms with E-state index in [1.165, 1.54) is 5.56 Å². The number of hydrogen-bond donors (Lipinski definition) is 1. The lowest BCUT2D eigenvalue weighted by Crippen LogP contribution is -2.06. The molecular weight excluding hydrogens is 380 g/mol. The maximum atomic E-state index is 6.33. The van der Waals surface area contributed by atoms with Crippen LogP contribution in [0, 0.1) is 6.92 Å². The molecule has 0 bridgehead atoms. The van der Waals surface area contributed by atoms with Gasteiger partial charge in [-0.05, 0) is 42.3 Å². The third-order valence-electron chi connectivity index (χ3n) is 4.76. The second-order valence-electron chi connectivity index (χ2n) is 6.47. The Labute approximate surface area is 168 Å². The fraction of sp³-hybridized carbons (Fsp3) is 0.300. The van der Waals surface area contributed by atoms with Gasteiger partial charge in [-0.1, -0.05) is 17.7 Å². The van der Waals surface area contributed by atoms with Gasteiger partial charge in [-0.2, -0.15) is 5.10 Å². The Balaban J connectivity index is 1.93. The van der Waals surface area contributed by atoms with E-state index in [2.05, 4.69) is 23.3 Å². The fourth-order valence-electron chi connectivity index (χ4n) is 3.47. The molecule has 4 rings (SSSR count). The molecule has 0 saturated heterocycles. The highest BCUT2D eigenvalue weighted by atomic mass is 35.5. The lowest BCUT2D eigenvalue weighted by Gasteiger charge is -2.20. The Hall–Kier alpha value is -2.18. The normalized spacial score (nSPS) is 16.4. The molecule has 0 fully saturated rings. The standard InChI is InChI=1S/C20H21ClN4OS/c1-12-10-14(21)16(26-3)11-13(12)19-17-18(15-6-4-5-7-22-15)24-25(2)20(17)23-8-9-27-19/h4-7,10-11,19,23H,8-9H2,1-3H3. The second-order valence-corrected chi connectivity index (χ2v) is 8.09. The first kappa shape index (κ1) is 18.2. The van der Waals surface area contributed by atoms with Crippen molar-refractivity contribution in [1.29, 1.82) is 0 Å². The van der Waals surface area contributed by atoms with Gasteiger partial charge in [-0.15, -0.1) is 11.8 Å². The maximum Gasteiger partial charge on any atom is 0.137 e. The summed E-state index contributed by atoms with van der Waals surface area (Å²) >= 11 is 8.23. The average Bonchev–Trinajstić information content (AvgIpc) is 2.86. The highest BCUT2D eigenvalue weighted by Crippen LogP contribution is 2.47. The van der Waals surface area contributed by atoms with Crippen LogP contribution >= 0.6 is 23.4 Å². The number of methoxy groups -OCH3 is 1. The van der Waals surface area contributed by atoms with E-state index in [-0.39, 0.29) is 5.25 Å². The zero-order chi connectivity index (χ0) is 19.0. The fourth-order valence-corrected chi connectivity index (χ4v) is 5.05. The number of fused-ring (bicyclic) bond motifs is 1. The van der Waals surface area contributed by atoms with Crippen molar-refractivity contribution in [2.24, 2.45) is 7.05 Å². The average molecular weight is 401 g/mol. The summed E-state index contributed by atoms with van der Waals surface area (Å²) in [5, 5.41) is 9.08. The van der Waals surface area contributed by atoms with Crippen LogP contribution < -0.4 is 10.1 Å². The van der Waals surface area contributed by atoms with E-state index >= 15 is 0 Å². The van der Waals surface area contributed by atoms with Crippen LogP contribution in [0.2, 0.25) is 5.02 Å². The largest absolute Gasteiger partial charge is 0.495 e. The molecule has 5 nitrogen and oxygen atoms in total. The number of aryl methyl sites for hydroxylation is 2. The molecule has 2 aromatic heterocycles. The molecule has 0 aliphatic carbocycles. The third kappa shape index (κ3) is 3.28. The van der Waals surface area contributed by atoms with E-state index in [1.807, 2.05) is 47.8 Å². The highest BCUT2D eigenvalue weighted by Gasteiger charge is 2.30. The number of pyridine rings is 1. The van der Waals surface area contributed by atoms with Gasteiger partial charge in [0.05, 0.1) is 23.1 Å². The molecule has 0 spiro atoms. The molecule has 7 heteroatoms. The van der Waals surface area contributed by atoms with Gasteiger partial charge < -0.3 is 10.1 Å². The summed E-state index contributed by atoms with van der Waals surface area (Å²) in [7, 11) is 3.62. The third-order valence-corrected chi connectivity index (χ3v) is 6.31. The monoisotopic (exact) mass is 400 g/mol. The second kappa shape index (κ2) is 7.44. The van der Waals surface area contributed by atoms with Crippen LogP contribution in [0.25, 0.3) is 11.4 Å². The molecule has 27 heavy (non-hydrogen) atoms. The summed E-state index contributed by atoms with van der Waals surface area (Å²) in [6.45, 7) is 2.98. The Morgan fingerprint density at radius 3 is 2.93 bits per heavy atom. The number of thioether (sulfide) groups is 1. The number of nitrogens with one attached hydrogen (secondary N) is 1. The van der Waals surface area contributed by atoms with Gasteiger partial charge in [0.1, 0.15) is 17.3 Å². The van der Waals surface area contributed by atoms with E-state index in [0.717, 1.165) is 40.6 Å². The van der Waals surface area contributed by atoms with E-state index in [4.69, 9.17) is 21.4 Å². The topological polar surface area (TPSA) is 52.0 Å². The van der Waals surface area contributed by atoms with Crippen molar-refractivity contribution in [3.63, 3.8) is 0 Å². The summed E-state index contributed by atoms with van der Waals surface area (Å²) in [6.07, 6.45) is 1.80. The number of hydrogen-bond acceptors (Lipinski definition) is 5. The highest BCUT2D eigenvalue weighted by molar-refractivity contribution is 7.99. The minimum atomic E-state index is 0.117. The molecule has 1 atom stereocenters. The number of halogens is 1. The molecule has 0 saturated carbocycles. The summed E-state index contributed by atoms with van der Waals surface area (Å²) < 4.78 is 7.40. The van der Waals surface area contributed by atoms with Gasteiger partial charge in [0.25, 0.3) is 0 Å². The molecule has 3 aromatic rings. The lowest BCUT2D eigenvalue weighted by molar-refractivity contribution is 0.414. The van der Waals surface area contributed by atoms with E-state index in [0.29, 0.717) is 10.8 Å². The van der Waals surface area contributed by atoms with Crippen LogP contribution in [0.4, 0.5) is 5.82 Å². The predicted molar refractivity (Wildman–Crippen MR) is 112 cm³/mol. The van der Waals surface area contributed by atoms with Gasteiger partial charge >= 0.3 is 0 Å². The first-order chi connectivity index (χ1) is 13.1. The number of anilines is 1. The van der Waals surface area contributed by atoms with Gasteiger partial charge in [-0.3, -0.25) is 9.67 Å². The van der Waals surface area contributed by atoms with Crippen molar-refractivity contribution in [3.05, 3.63) is 58.2 Å². The van der Waals surface area contributed by atoms with Crippen LogP contribution in [-0.4, -0.2) is 34.2 Å². The van der Waals surface area contributed by atoms with Crippen molar-refractivity contribution >= 4 is 29.2 Å². The van der Waals surface area contributed by atoms with Crippen molar-refractivity contribution < 1.29 is 4.74 Å². The van der Waals surface area contributed by atoms with Crippen LogP contribution in [-0.2, 0) is 7.05 Å². The van der Waals surface area contributed by atoms with Crippen molar-refractivity contribution in [2.45, 2.75) is 12.2 Å². The molecule has 1 N–H and O–H groups in total. The summed E-state index contributed by atoms with van der Waals surface area (Å²) in [5.74, 6) is 2.73. The van der Waals surface area contributed by atoms with E-state index in [9.17, 15) is 0 Å². The molecule has 140 valence electrons. The summed E-state index contributed by atoms with van der Waals surface area (Å²) in [5.41, 5.74) is 5.28. The quantitative estimate of drug-likeness (QED) is 0.690. The molecule has 0 amide bonds. The molecule has 3 heterocycles. The smallest absolute Gasteiger partial charge is 0.137 e. The van der Waals surface area contributed by atoms with E-state index < -0.39 is 0 Å². The van der Waals surface area contributed by atoms with Gasteiger partial charge in [0.15, 0.2) is 0 Å². The Morgan fingerprint density at radius 2 is 2.19 bits per heavy atom. The van der Waals surface area contributed by atoms with Crippen LogP contribution in [0.15, 0.2) is 36.5 Å². The van der Waals surface area contributed by atoms with Crippen molar-refractivity contribution in [2.75, 3.05) is 24.7 Å². The SMILES string of the molecule is COc1cc(C2SCCNc3c2c(-c2ccccn2)nn3C)c(C)cc1Cl. The number of ether oxygens (including phenoxy) is 1. The maximum absolute atomic E-state index is 6.33. The van der Waals surface area contributed by atoms with Crippen molar-refractivity contribution in [1.82, 2.24) is 14.8 Å². The van der Waals surface area contributed by atoms with Gasteiger partial charge in [0.2, 0.25) is 0 Å². The zero-order valence-corrected chi connectivity index (χ0v) is 17.1. The predicted octanol–water partition coefficient (Wildman–Crippen LogP) is 4.70. The first-order valence-corrected chi connectivity index (χ1v) is 10.2. The number of aromatic nitrogens is 3. The minimum absolute atomic E-state index is 0.117. The van der Waals surface area contributed by atoms with Gasteiger partial charge in [-0.25, -0.2) is 0 Å². The van der Waals surface area contributed by atoms with Gasteiger partial charge in [0, 0.05) is 31.1 Å². The Morgan fingerprint density at radius 1 is 1.33 bits per heavy atom. The minimum Gasteiger partial charge on any atom is -0.495 e. The number of rotatable bonds is 3. The van der Waals surface area contributed by atoms with Crippen LogP contribution in [0.1, 0.15) is 21.9 Å². The summed E-state index contributed by atoms with van der Waals surface area (Å²) in [4.78, 5) is 4.54. The molecule has 1 unspecified atom stereocenters. The molecule has 1 aromatic carbocycles. The molecule has 1 aliphatic heterocycles. The number of benzene rings is 1. The van der Waals surface area contributed by atoms with Crippen molar-refractivity contribution in [3.8, 4) is 17.1 Å². The van der Waals surface area contributed by atoms with E-state index in [1.54, 1.807) is 13.3 Å². The number of nitrogens with zero attached hydrogens (tertiary/aromatic N) is 3.